The second kappa shape index (κ2) is 18.4. The Bertz CT molecular complexity index is 2120. The van der Waals surface area contributed by atoms with Crippen LogP contribution in [0.1, 0.15) is 63.1 Å². The number of methoxy groups -OCH3 is 1. The summed E-state index contributed by atoms with van der Waals surface area (Å²) >= 11 is 0. The molecule has 0 aromatic heterocycles. The first-order chi connectivity index (χ1) is 25.2. The Labute approximate surface area is 304 Å². The van der Waals surface area contributed by atoms with Crippen LogP contribution in [0.15, 0.2) is 115 Å². The van der Waals surface area contributed by atoms with Crippen molar-refractivity contribution in [1.82, 2.24) is 0 Å². The highest BCUT2D eigenvalue weighted by Crippen LogP contribution is 2.24. The number of hydrogen-bond donors (Lipinski definition) is 0. The van der Waals surface area contributed by atoms with E-state index >= 15 is 0 Å². The number of hydrogen-bond acceptors (Lipinski definition) is 7. The predicted molar refractivity (Wildman–Crippen MR) is 200 cm³/mol. The van der Waals surface area contributed by atoms with Gasteiger partial charge in [-0.3, -0.25) is 9.59 Å². The highest BCUT2D eigenvalue weighted by molar-refractivity contribution is 5.93. The fourth-order valence-corrected chi connectivity index (χ4v) is 5.13. The molecule has 0 fully saturated rings. The quantitative estimate of drug-likeness (QED) is 0.0797. The van der Waals surface area contributed by atoms with Gasteiger partial charge in [-0.25, -0.2) is 4.79 Å². The molecular formula is C45H38O7. The molecule has 5 rings (SSSR count). The van der Waals surface area contributed by atoms with Crippen LogP contribution < -0.4 is 4.74 Å². The lowest BCUT2D eigenvalue weighted by molar-refractivity contribution is -0.141. The lowest BCUT2D eigenvalue weighted by Crippen LogP contribution is -2.06. The predicted octanol–water partition coefficient (Wildman–Crippen LogP) is 7.73. The minimum absolute atomic E-state index is 0.265. The molecule has 0 atom stereocenters. The van der Waals surface area contributed by atoms with Crippen LogP contribution >= 0.6 is 0 Å². The summed E-state index contributed by atoms with van der Waals surface area (Å²) in [4.78, 5) is 34.5. The summed E-state index contributed by atoms with van der Waals surface area (Å²) < 4.78 is 21.1. The lowest BCUT2D eigenvalue weighted by atomic mass is 10.0. The number of esters is 3. The normalized spacial score (nSPS) is 10.1. The molecule has 0 bridgehead atoms. The van der Waals surface area contributed by atoms with Crippen LogP contribution in [0.4, 0.5) is 0 Å². The van der Waals surface area contributed by atoms with Crippen LogP contribution in [-0.2, 0) is 43.2 Å². The molecule has 260 valence electrons. The highest BCUT2D eigenvalue weighted by atomic mass is 16.5. The van der Waals surface area contributed by atoms with Gasteiger partial charge in [0.15, 0.2) is 0 Å². The van der Waals surface area contributed by atoms with Crippen LogP contribution in [0, 0.1) is 23.7 Å². The molecule has 0 radical (unpaired) electrons. The smallest absolute Gasteiger partial charge is 0.341 e. The van der Waals surface area contributed by atoms with E-state index in [1.165, 1.54) is 21.0 Å². The minimum atomic E-state index is -0.509. The van der Waals surface area contributed by atoms with Crippen LogP contribution in [0.3, 0.4) is 0 Å². The first-order valence-electron chi connectivity index (χ1n) is 16.8. The van der Waals surface area contributed by atoms with Gasteiger partial charge in [-0.1, -0.05) is 84.3 Å². The van der Waals surface area contributed by atoms with Crippen molar-refractivity contribution in [1.29, 1.82) is 0 Å². The van der Waals surface area contributed by atoms with E-state index in [2.05, 4.69) is 23.7 Å². The number of ether oxygens (including phenoxy) is 4. The van der Waals surface area contributed by atoms with Gasteiger partial charge in [0.1, 0.15) is 17.9 Å². The molecule has 7 nitrogen and oxygen atoms in total. The van der Waals surface area contributed by atoms with Crippen molar-refractivity contribution < 1.29 is 33.3 Å². The molecule has 5 aromatic carbocycles. The third-order valence-electron chi connectivity index (χ3n) is 7.95. The molecular weight excluding hydrogens is 652 g/mol. The molecule has 0 heterocycles. The standard InChI is InChI=1S/C45H38O7/c1-32(46)50-28-26-37-10-6-34(7-11-37)4-5-36-16-21-41(22-17-36)42-23-18-40(19-24-42)31-52-44-25-20-39(30-43(44)45(48)49-3)15-14-35-8-12-38(13-9-35)27-29-51-33(2)47/h6-13,16-25,30H,26-29,31H2,1-3H3. The van der Waals surface area contributed by atoms with Crippen LogP contribution in [0.5, 0.6) is 5.75 Å². The first kappa shape index (κ1) is 36.7. The third-order valence-corrected chi connectivity index (χ3v) is 7.95. The van der Waals surface area contributed by atoms with Gasteiger partial charge in [0.2, 0.25) is 0 Å². The van der Waals surface area contributed by atoms with E-state index in [-0.39, 0.29) is 18.5 Å². The van der Waals surface area contributed by atoms with Crippen molar-refractivity contribution in [2.75, 3.05) is 20.3 Å². The van der Waals surface area contributed by atoms with Crippen molar-refractivity contribution in [2.24, 2.45) is 0 Å². The maximum absolute atomic E-state index is 12.6. The van der Waals surface area contributed by atoms with Gasteiger partial charge >= 0.3 is 17.9 Å². The summed E-state index contributed by atoms with van der Waals surface area (Å²) in [5, 5.41) is 0. The van der Waals surface area contributed by atoms with Gasteiger partial charge in [0, 0.05) is 48.9 Å². The summed E-state index contributed by atoms with van der Waals surface area (Å²) in [5.74, 6) is 12.0. The van der Waals surface area contributed by atoms with Gasteiger partial charge in [0.25, 0.3) is 0 Å². The zero-order valence-corrected chi connectivity index (χ0v) is 29.4. The molecule has 0 aliphatic rings. The van der Waals surface area contributed by atoms with E-state index in [0.29, 0.717) is 42.9 Å². The number of carbonyl (C=O) groups excluding carboxylic acids is 3. The second-order valence-electron chi connectivity index (χ2n) is 11.8. The number of carbonyl (C=O) groups is 3. The van der Waals surface area contributed by atoms with Crippen molar-refractivity contribution in [2.45, 2.75) is 33.3 Å². The molecule has 0 spiro atoms. The maximum atomic E-state index is 12.6. The molecule has 0 aliphatic carbocycles. The average molecular weight is 691 g/mol. The molecule has 5 aromatic rings. The summed E-state index contributed by atoms with van der Waals surface area (Å²) in [6.45, 7) is 3.77. The first-order valence-corrected chi connectivity index (χ1v) is 16.8. The molecule has 0 amide bonds. The van der Waals surface area contributed by atoms with E-state index in [9.17, 15) is 14.4 Å². The molecule has 0 saturated carbocycles. The Morgan fingerprint density at radius 1 is 0.519 bits per heavy atom. The number of benzene rings is 5. The summed E-state index contributed by atoms with van der Waals surface area (Å²) in [6.07, 6.45) is 1.30. The van der Waals surface area contributed by atoms with Gasteiger partial charge in [-0.05, 0) is 82.4 Å². The van der Waals surface area contributed by atoms with Gasteiger partial charge in [-0.15, -0.1) is 0 Å². The Morgan fingerprint density at radius 2 is 0.923 bits per heavy atom. The molecule has 52 heavy (non-hydrogen) atoms. The summed E-state index contributed by atoms with van der Waals surface area (Å²) in [7, 11) is 1.34. The van der Waals surface area contributed by atoms with Crippen LogP contribution in [0.25, 0.3) is 11.1 Å². The molecule has 0 N–H and O–H groups in total. The zero-order chi connectivity index (χ0) is 36.7. The van der Waals surface area contributed by atoms with Crippen molar-refractivity contribution in [3.05, 3.63) is 160 Å². The van der Waals surface area contributed by atoms with Crippen LogP contribution in [0.2, 0.25) is 0 Å². The summed E-state index contributed by atoms with van der Waals surface area (Å²) in [6, 6.07) is 37.0. The van der Waals surface area contributed by atoms with Crippen molar-refractivity contribution in [3.8, 4) is 40.6 Å². The average Bonchev–Trinajstić information content (AvgIpc) is 3.16. The zero-order valence-electron chi connectivity index (χ0n) is 29.4. The van der Waals surface area contributed by atoms with Gasteiger partial charge in [0.05, 0.1) is 20.3 Å². The van der Waals surface area contributed by atoms with E-state index in [1.54, 1.807) is 12.1 Å². The maximum Gasteiger partial charge on any atom is 0.341 e. The molecule has 7 heteroatoms. The lowest BCUT2D eigenvalue weighted by Gasteiger charge is -2.11. The van der Waals surface area contributed by atoms with E-state index in [0.717, 1.165) is 44.5 Å². The number of rotatable bonds is 11. The monoisotopic (exact) mass is 690 g/mol. The van der Waals surface area contributed by atoms with Crippen molar-refractivity contribution in [3.63, 3.8) is 0 Å². The molecule has 0 aliphatic heterocycles. The second-order valence-corrected chi connectivity index (χ2v) is 11.8. The summed E-state index contributed by atoms with van der Waals surface area (Å²) in [5.41, 5.74) is 8.78. The van der Waals surface area contributed by atoms with Gasteiger partial charge < -0.3 is 18.9 Å². The SMILES string of the molecule is COC(=O)c1cc(C#Cc2ccc(CCOC(C)=O)cc2)ccc1OCc1ccc(-c2ccc(C#Cc3ccc(CCOC(C)=O)cc3)cc2)cc1. The topological polar surface area (TPSA) is 88.1 Å². The van der Waals surface area contributed by atoms with Gasteiger partial charge in [-0.2, -0.15) is 0 Å². The Morgan fingerprint density at radius 3 is 1.38 bits per heavy atom. The Hall–Kier alpha value is -6.57. The molecule has 0 saturated heterocycles. The van der Waals surface area contributed by atoms with E-state index in [1.807, 2.05) is 103 Å². The molecule has 0 unspecified atom stereocenters. The highest BCUT2D eigenvalue weighted by Gasteiger charge is 2.14. The Balaban J connectivity index is 1.16. The van der Waals surface area contributed by atoms with E-state index < -0.39 is 5.97 Å². The fraction of sp³-hybridized carbons (Fsp3) is 0.178. The van der Waals surface area contributed by atoms with Crippen LogP contribution in [-0.4, -0.2) is 38.2 Å². The Kier molecular flexibility index (Phi) is 13.0. The minimum Gasteiger partial charge on any atom is -0.488 e. The van der Waals surface area contributed by atoms with E-state index in [4.69, 9.17) is 18.9 Å². The van der Waals surface area contributed by atoms with Crippen molar-refractivity contribution >= 4 is 17.9 Å². The third kappa shape index (κ3) is 11.2. The fourth-order valence-electron chi connectivity index (χ4n) is 5.13. The largest absolute Gasteiger partial charge is 0.488 e.